The number of aromatic amines is 1. The monoisotopic (exact) mass is 354 g/mol. The number of amides is 1. The van der Waals surface area contributed by atoms with Crippen LogP contribution < -0.4 is 20.3 Å². The van der Waals surface area contributed by atoms with Crippen LogP contribution in [0.1, 0.15) is 17.7 Å². The number of rotatable bonds is 5. The third-order valence-corrected chi connectivity index (χ3v) is 4.17. The molecule has 0 saturated carbocycles. The first kappa shape index (κ1) is 16.2. The van der Waals surface area contributed by atoms with Crippen molar-refractivity contribution in [3.63, 3.8) is 0 Å². The summed E-state index contributed by atoms with van der Waals surface area (Å²) in [5.41, 5.74) is 1.78. The molecule has 0 radical (unpaired) electrons. The van der Waals surface area contributed by atoms with E-state index in [1.165, 1.54) is 10.6 Å². The van der Waals surface area contributed by atoms with Gasteiger partial charge in [0.15, 0.2) is 17.1 Å². The summed E-state index contributed by atoms with van der Waals surface area (Å²) in [6, 6.07) is 8.79. The fraction of sp³-hybridized carbons (Fsp3) is 0.278. The molecule has 3 aromatic rings. The molecule has 8 nitrogen and oxygen atoms in total. The molecule has 134 valence electrons. The average molecular weight is 354 g/mol. The fourth-order valence-electron chi connectivity index (χ4n) is 2.92. The quantitative estimate of drug-likeness (QED) is 0.714. The van der Waals surface area contributed by atoms with Crippen LogP contribution in [0.3, 0.4) is 0 Å². The van der Waals surface area contributed by atoms with Crippen molar-refractivity contribution < 1.29 is 14.3 Å². The first-order valence-corrected chi connectivity index (χ1v) is 8.41. The molecule has 4 rings (SSSR count). The Labute approximate surface area is 148 Å². The Kier molecular flexibility index (Phi) is 4.30. The lowest BCUT2D eigenvalue weighted by atomic mass is 10.1. The van der Waals surface area contributed by atoms with Crippen LogP contribution in [-0.4, -0.2) is 33.7 Å². The molecule has 0 atom stereocenters. The number of fused-ring (bicyclic) bond motifs is 2. The summed E-state index contributed by atoms with van der Waals surface area (Å²) in [6.45, 7) is 1.26. The van der Waals surface area contributed by atoms with Crippen LogP contribution in [0.15, 0.2) is 41.3 Å². The van der Waals surface area contributed by atoms with Gasteiger partial charge in [0.2, 0.25) is 5.91 Å². The minimum atomic E-state index is -0.211. The first-order valence-electron chi connectivity index (χ1n) is 8.41. The molecule has 3 heterocycles. The Morgan fingerprint density at radius 2 is 2.15 bits per heavy atom. The van der Waals surface area contributed by atoms with Gasteiger partial charge in [0.1, 0.15) is 13.2 Å². The standard InChI is InChI=1S/C18H18N4O4/c23-16(5-4-12-2-1-3-14-18(12)26-9-8-25-14)19-11-13-10-17(24)22-15(21-13)6-7-20-22/h1-3,6-7,10,20H,4-5,8-9,11H2,(H,19,23). The molecule has 0 aliphatic carbocycles. The van der Waals surface area contributed by atoms with Gasteiger partial charge >= 0.3 is 0 Å². The summed E-state index contributed by atoms with van der Waals surface area (Å²) in [7, 11) is 0. The number of aromatic nitrogens is 3. The number of carbonyl (C=O) groups excluding carboxylic acids is 1. The lowest BCUT2D eigenvalue weighted by Crippen LogP contribution is -2.25. The molecule has 0 unspecified atom stereocenters. The lowest BCUT2D eigenvalue weighted by molar-refractivity contribution is -0.121. The molecule has 26 heavy (non-hydrogen) atoms. The van der Waals surface area contributed by atoms with Crippen molar-refractivity contribution in [3.05, 3.63) is 58.1 Å². The maximum absolute atomic E-state index is 12.2. The number of para-hydroxylation sites is 1. The normalized spacial score (nSPS) is 12.9. The van der Waals surface area contributed by atoms with Crippen LogP contribution in [0.25, 0.3) is 5.65 Å². The lowest BCUT2D eigenvalue weighted by Gasteiger charge is -2.20. The second-order valence-corrected chi connectivity index (χ2v) is 5.96. The second-order valence-electron chi connectivity index (χ2n) is 5.96. The van der Waals surface area contributed by atoms with E-state index in [1.54, 1.807) is 12.3 Å². The van der Waals surface area contributed by atoms with Crippen molar-refractivity contribution in [2.24, 2.45) is 0 Å². The molecule has 1 amide bonds. The molecule has 0 saturated heterocycles. The Bertz CT molecular complexity index is 1010. The fourth-order valence-corrected chi connectivity index (χ4v) is 2.92. The van der Waals surface area contributed by atoms with Crippen molar-refractivity contribution in [2.75, 3.05) is 13.2 Å². The van der Waals surface area contributed by atoms with Gasteiger partial charge < -0.3 is 14.8 Å². The Balaban J connectivity index is 1.36. The summed E-state index contributed by atoms with van der Waals surface area (Å²) >= 11 is 0. The Morgan fingerprint density at radius 1 is 1.27 bits per heavy atom. The molecule has 0 fully saturated rings. The van der Waals surface area contributed by atoms with E-state index in [2.05, 4.69) is 15.4 Å². The molecule has 2 aromatic heterocycles. The van der Waals surface area contributed by atoms with E-state index in [4.69, 9.17) is 9.47 Å². The highest BCUT2D eigenvalue weighted by Gasteiger charge is 2.16. The number of nitrogens with one attached hydrogen (secondary N) is 2. The van der Waals surface area contributed by atoms with Crippen molar-refractivity contribution in [2.45, 2.75) is 19.4 Å². The molecule has 2 N–H and O–H groups in total. The smallest absolute Gasteiger partial charge is 0.272 e. The van der Waals surface area contributed by atoms with Crippen molar-refractivity contribution in [1.29, 1.82) is 0 Å². The number of hydrogen-bond donors (Lipinski definition) is 2. The maximum atomic E-state index is 12.2. The molecule has 1 aromatic carbocycles. The van der Waals surface area contributed by atoms with Gasteiger partial charge in [-0.15, -0.1) is 0 Å². The van der Waals surface area contributed by atoms with Crippen molar-refractivity contribution >= 4 is 11.6 Å². The van der Waals surface area contributed by atoms with Gasteiger partial charge in [-0.05, 0) is 18.1 Å². The highest BCUT2D eigenvalue weighted by atomic mass is 16.6. The number of ether oxygens (including phenoxy) is 2. The predicted octanol–water partition coefficient (Wildman–Crippen LogP) is 1.04. The van der Waals surface area contributed by atoms with E-state index in [1.807, 2.05) is 18.2 Å². The van der Waals surface area contributed by atoms with Gasteiger partial charge in [-0.2, -0.15) is 0 Å². The van der Waals surface area contributed by atoms with E-state index in [0.29, 0.717) is 37.4 Å². The minimum absolute atomic E-state index is 0.115. The third-order valence-electron chi connectivity index (χ3n) is 4.17. The zero-order valence-corrected chi connectivity index (χ0v) is 14.0. The number of aryl methyl sites for hydroxylation is 1. The molecule has 8 heteroatoms. The zero-order valence-electron chi connectivity index (χ0n) is 14.0. The average Bonchev–Trinajstić information content (AvgIpc) is 3.14. The van der Waals surface area contributed by atoms with Gasteiger partial charge in [0, 0.05) is 24.8 Å². The van der Waals surface area contributed by atoms with Crippen LogP contribution >= 0.6 is 0 Å². The molecular weight excluding hydrogens is 336 g/mol. The van der Waals surface area contributed by atoms with Gasteiger partial charge in [-0.25, -0.2) is 9.50 Å². The molecule has 0 bridgehead atoms. The van der Waals surface area contributed by atoms with Crippen LogP contribution in [0.4, 0.5) is 0 Å². The second kappa shape index (κ2) is 6.91. The third kappa shape index (κ3) is 3.26. The summed E-state index contributed by atoms with van der Waals surface area (Å²) in [5, 5.41) is 5.58. The molecule has 0 spiro atoms. The predicted molar refractivity (Wildman–Crippen MR) is 93.4 cm³/mol. The topological polar surface area (TPSA) is 97.7 Å². The highest BCUT2D eigenvalue weighted by Crippen LogP contribution is 2.34. The number of benzene rings is 1. The number of carbonyl (C=O) groups is 1. The van der Waals surface area contributed by atoms with Crippen molar-refractivity contribution in [3.8, 4) is 11.5 Å². The Hall–Kier alpha value is -3.29. The van der Waals surface area contributed by atoms with E-state index < -0.39 is 0 Å². The summed E-state index contributed by atoms with van der Waals surface area (Å²) in [5.74, 6) is 1.33. The van der Waals surface area contributed by atoms with Crippen LogP contribution in [0, 0.1) is 0 Å². The van der Waals surface area contributed by atoms with Crippen LogP contribution in [0.2, 0.25) is 0 Å². The number of hydrogen-bond acceptors (Lipinski definition) is 5. The molecule has 1 aliphatic rings. The van der Waals surface area contributed by atoms with E-state index >= 15 is 0 Å². The van der Waals surface area contributed by atoms with E-state index in [-0.39, 0.29) is 18.0 Å². The number of nitrogens with zero attached hydrogens (tertiary/aromatic N) is 2. The minimum Gasteiger partial charge on any atom is -0.486 e. The van der Waals surface area contributed by atoms with E-state index in [0.717, 1.165) is 17.1 Å². The van der Waals surface area contributed by atoms with Gasteiger partial charge in [-0.1, -0.05) is 12.1 Å². The maximum Gasteiger partial charge on any atom is 0.272 e. The van der Waals surface area contributed by atoms with Crippen LogP contribution in [0.5, 0.6) is 11.5 Å². The highest BCUT2D eigenvalue weighted by molar-refractivity contribution is 5.76. The summed E-state index contributed by atoms with van der Waals surface area (Å²) < 4.78 is 12.5. The zero-order chi connectivity index (χ0) is 17.9. The molecule has 1 aliphatic heterocycles. The largest absolute Gasteiger partial charge is 0.486 e. The van der Waals surface area contributed by atoms with Gasteiger partial charge in [-0.3, -0.25) is 14.7 Å². The van der Waals surface area contributed by atoms with Gasteiger partial charge in [0.25, 0.3) is 5.56 Å². The number of H-pyrrole nitrogens is 1. The molecular formula is C18H18N4O4. The summed E-state index contributed by atoms with van der Waals surface area (Å²) in [4.78, 5) is 28.4. The SMILES string of the molecule is O=C(CCc1cccc2c1OCCO2)NCc1cc(=O)n2[nH]ccc2n1. The van der Waals surface area contributed by atoms with Gasteiger partial charge in [0.05, 0.1) is 12.2 Å². The van der Waals surface area contributed by atoms with Crippen LogP contribution in [-0.2, 0) is 17.8 Å². The Morgan fingerprint density at radius 3 is 3.08 bits per heavy atom. The van der Waals surface area contributed by atoms with E-state index in [9.17, 15) is 9.59 Å². The summed E-state index contributed by atoms with van der Waals surface area (Å²) in [6.07, 6.45) is 2.49. The first-order chi connectivity index (χ1) is 12.7. The van der Waals surface area contributed by atoms with Crippen molar-refractivity contribution in [1.82, 2.24) is 19.9 Å².